The standard InChI is InChI=1S/C21H21N3O5S/c1-4-29-20(26)13-5-7-14(8-6-13)22-19(25)17-12-30-21(24-17)23-16-10-9-15(27-2)11-18(16)28-3/h5-12H,4H2,1-3H3,(H,22,25)(H,23,24). The number of ether oxygens (including phenoxy) is 3. The second-order valence-corrected chi connectivity index (χ2v) is 6.84. The zero-order valence-electron chi connectivity index (χ0n) is 16.7. The SMILES string of the molecule is CCOC(=O)c1ccc(NC(=O)c2csc(Nc3ccc(OC)cc3OC)n2)cc1. The second kappa shape index (κ2) is 9.75. The van der Waals surface area contributed by atoms with Crippen LogP contribution in [0.15, 0.2) is 47.8 Å². The fourth-order valence-electron chi connectivity index (χ4n) is 2.55. The minimum atomic E-state index is -0.403. The third kappa shape index (κ3) is 5.06. The molecule has 0 aliphatic rings. The lowest BCUT2D eigenvalue weighted by molar-refractivity contribution is 0.0526. The van der Waals surface area contributed by atoms with E-state index in [0.717, 1.165) is 0 Å². The van der Waals surface area contributed by atoms with Crippen molar-refractivity contribution in [3.63, 3.8) is 0 Å². The van der Waals surface area contributed by atoms with Gasteiger partial charge in [0.2, 0.25) is 0 Å². The third-order valence-electron chi connectivity index (χ3n) is 4.04. The number of carbonyl (C=O) groups is 2. The molecule has 9 heteroatoms. The average Bonchev–Trinajstić information content (AvgIpc) is 3.23. The molecule has 2 N–H and O–H groups in total. The molecule has 0 bridgehead atoms. The molecule has 0 saturated heterocycles. The number of methoxy groups -OCH3 is 2. The number of carbonyl (C=O) groups excluding carboxylic acids is 2. The van der Waals surface area contributed by atoms with Gasteiger partial charge >= 0.3 is 5.97 Å². The van der Waals surface area contributed by atoms with E-state index in [0.29, 0.717) is 40.2 Å². The van der Waals surface area contributed by atoms with Crippen molar-refractivity contribution in [1.29, 1.82) is 0 Å². The number of aromatic nitrogens is 1. The number of esters is 1. The summed E-state index contributed by atoms with van der Waals surface area (Å²) < 4.78 is 15.5. The van der Waals surface area contributed by atoms with Crippen molar-refractivity contribution < 1.29 is 23.8 Å². The highest BCUT2D eigenvalue weighted by Gasteiger charge is 2.14. The Hall–Kier alpha value is -3.59. The van der Waals surface area contributed by atoms with Crippen molar-refractivity contribution in [2.45, 2.75) is 6.92 Å². The minimum Gasteiger partial charge on any atom is -0.497 e. The maximum Gasteiger partial charge on any atom is 0.338 e. The smallest absolute Gasteiger partial charge is 0.338 e. The highest BCUT2D eigenvalue weighted by atomic mass is 32.1. The van der Waals surface area contributed by atoms with Gasteiger partial charge in [0.25, 0.3) is 5.91 Å². The summed E-state index contributed by atoms with van der Waals surface area (Å²) in [6.45, 7) is 2.05. The Morgan fingerprint density at radius 2 is 1.83 bits per heavy atom. The molecule has 156 valence electrons. The van der Waals surface area contributed by atoms with Gasteiger partial charge in [-0.15, -0.1) is 11.3 Å². The number of benzene rings is 2. The fourth-order valence-corrected chi connectivity index (χ4v) is 3.25. The number of amides is 1. The van der Waals surface area contributed by atoms with E-state index in [1.54, 1.807) is 62.9 Å². The highest BCUT2D eigenvalue weighted by molar-refractivity contribution is 7.14. The molecule has 0 spiro atoms. The summed E-state index contributed by atoms with van der Waals surface area (Å²) in [5.74, 6) is 0.507. The molecular formula is C21H21N3O5S. The Kier molecular flexibility index (Phi) is 6.87. The first-order valence-electron chi connectivity index (χ1n) is 9.07. The molecule has 30 heavy (non-hydrogen) atoms. The van der Waals surface area contributed by atoms with Crippen LogP contribution in [0.5, 0.6) is 11.5 Å². The third-order valence-corrected chi connectivity index (χ3v) is 4.80. The lowest BCUT2D eigenvalue weighted by Crippen LogP contribution is -2.12. The highest BCUT2D eigenvalue weighted by Crippen LogP contribution is 2.32. The van der Waals surface area contributed by atoms with Gasteiger partial charge in [-0.2, -0.15) is 0 Å². The molecule has 0 fully saturated rings. The number of nitrogens with zero attached hydrogens (tertiary/aromatic N) is 1. The Labute approximate surface area is 177 Å². The Bertz CT molecular complexity index is 1030. The van der Waals surface area contributed by atoms with E-state index in [1.807, 2.05) is 6.07 Å². The molecule has 0 aliphatic heterocycles. The number of anilines is 3. The van der Waals surface area contributed by atoms with Gasteiger partial charge < -0.3 is 24.8 Å². The Morgan fingerprint density at radius 1 is 1.07 bits per heavy atom. The van der Waals surface area contributed by atoms with E-state index in [-0.39, 0.29) is 11.6 Å². The van der Waals surface area contributed by atoms with Crippen LogP contribution in [-0.4, -0.2) is 37.7 Å². The lowest BCUT2D eigenvalue weighted by Gasteiger charge is -2.10. The molecule has 0 saturated carbocycles. The van der Waals surface area contributed by atoms with Crippen molar-refractivity contribution in [1.82, 2.24) is 4.98 Å². The molecule has 1 amide bonds. The Morgan fingerprint density at radius 3 is 2.50 bits per heavy atom. The number of rotatable bonds is 8. The van der Waals surface area contributed by atoms with Crippen LogP contribution in [0.4, 0.5) is 16.5 Å². The fraction of sp³-hybridized carbons (Fsp3) is 0.190. The largest absolute Gasteiger partial charge is 0.497 e. The first-order chi connectivity index (χ1) is 14.5. The van der Waals surface area contributed by atoms with Crippen molar-refractivity contribution in [3.05, 3.63) is 59.1 Å². The lowest BCUT2D eigenvalue weighted by atomic mass is 10.2. The molecule has 0 aliphatic carbocycles. The quantitative estimate of drug-likeness (QED) is 0.516. The van der Waals surface area contributed by atoms with Gasteiger partial charge in [0.15, 0.2) is 5.13 Å². The molecule has 1 aromatic heterocycles. The summed E-state index contributed by atoms with van der Waals surface area (Å²) >= 11 is 1.29. The predicted octanol–water partition coefficient (Wildman–Crippen LogP) is 4.33. The molecule has 2 aromatic carbocycles. The first kappa shape index (κ1) is 21.1. The molecule has 8 nitrogen and oxygen atoms in total. The number of hydrogen-bond acceptors (Lipinski definition) is 8. The van der Waals surface area contributed by atoms with E-state index < -0.39 is 5.97 Å². The molecule has 3 aromatic rings. The molecule has 0 radical (unpaired) electrons. The van der Waals surface area contributed by atoms with Gasteiger partial charge in [-0.1, -0.05) is 0 Å². The van der Waals surface area contributed by atoms with Crippen LogP contribution in [0.3, 0.4) is 0 Å². The molecule has 3 rings (SSSR count). The van der Waals surface area contributed by atoms with E-state index >= 15 is 0 Å². The molecule has 0 unspecified atom stereocenters. The van der Waals surface area contributed by atoms with Crippen LogP contribution < -0.4 is 20.1 Å². The van der Waals surface area contributed by atoms with E-state index in [1.165, 1.54) is 11.3 Å². The van der Waals surface area contributed by atoms with Gasteiger partial charge in [0, 0.05) is 17.1 Å². The average molecular weight is 427 g/mol. The Balaban J connectivity index is 1.66. The molecular weight excluding hydrogens is 406 g/mol. The van der Waals surface area contributed by atoms with Crippen molar-refractivity contribution >= 4 is 39.7 Å². The number of hydrogen-bond donors (Lipinski definition) is 2. The summed E-state index contributed by atoms with van der Waals surface area (Å²) in [6.07, 6.45) is 0. The summed E-state index contributed by atoms with van der Waals surface area (Å²) in [5.41, 5.74) is 1.94. The van der Waals surface area contributed by atoms with Crippen molar-refractivity contribution in [3.8, 4) is 11.5 Å². The van der Waals surface area contributed by atoms with Crippen molar-refractivity contribution in [2.75, 3.05) is 31.5 Å². The van der Waals surface area contributed by atoms with Crippen LogP contribution in [0.2, 0.25) is 0 Å². The van der Waals surface area contributed by atoms with E-state index in [2.05, 4.69) is 15.6 Å². The summed E-state index contributed by atoms with van der Waals surface area (Å²) in [5, 5.41) is 8.09. The second-order valence-electron chi connectivity index (χ2n) is 5.98. The molecule has 0 atom stereocenters. The topological polar surface area (TPSA) is 98.8 Å². The minimum absolute atomic E-state index is 0.268. The summed E-state index contributed by atoms with van der Waals surface area (Å²) in [4.78, 5) is 28.5. The van der Waals surface area contributed by atoms with Crippen LogP contribution in [0, 0.1) is 0 Å². The van der Waals surface area contributed by atoms with Crippen LogP contribution >= 0.6 is 11.3 Å². The van der Waals surface area contributed by atoms with Crippen LogP contribution in [-0.2, 0) is 4.74 Å². The zero-order valence-corrected chi connectivity index (χ0v) is 17.5. The number of thiazole rings is 1. The van der Waals surface area contributed by atoms with E-state index in [4.69, 9.17) is 14.2 Å². The van der Waals surface area contributed by atoms with Gasteiger partial charge in [0.1, 0.15) is 17.2 Å². The van der Waals surface area contributed by atoms with Gasteiger partial charge in [-0.25, -0.2) is 9.78 Å². The first-order valence-corrected chi connectivity index (χ1v) is 9.95. The van der Waals surface area contributed by atoms with E-state index in [9.17, 15) is 9.59 Å². The molecule has 1 heterocycles. The maximum atomic E-state index is 12.5. The monoisotopic (exact) mass is 427 g/mol. The number of nitrogens with one attached hydrogen (secondary N) is 2. The normalized spacial score (nSPS) is 10.2. The van der Waals surface area contributed by atoms with Gasteiger partial charge in [-0.05, 0) is 43.3 Å². The van der Waals surface area contributed by atoms with Gasteiger partial charge in [0.05, 0.1) is 32.1 Å². The maximum absolute atomic E-state index is 12.5. The van der Waals surface area contributed by atoms with Crippen LogP contribution in [0.1, 0.15) is 27.8 Å². The van der Waals surface area contributed by atoms with Crippen molar-refractivity contribution in [2.24, 2.45) is 0 Å². The summed E-state index contributed by atoms with van der Waals surface area (Å²) in [6, 6.07) is 11.8. The summed E-state index contributed by atoms with van der Waals surface area (Å²) in [7, 11) is 3.14. The zero-order chi connectivity index (χ0) is 21.5. The van der Waals surface area contributed by atoms with Gasteiger partial charge in [-0.3, -0.25) is 4.79 Å². The van der Waals surface area contributed by atoms with Crippen LogP contribution in [0.25, 0.3) is 0 Å². The predicted molar refractivity (Wildman–Crippen MR) is 115 cm³/mol.